The molecule has 0 bridgehead atoms. The zero-order valence-electron chi connectivity index (χ0n) is 8.53. The molecule has 0 unspecified atom stereocenters. The minimum Gasteiger partial charge on any atom is -0.453 e. The molecule has 0 fully saturated rings. The molecule has 0 saturated heterocycles. The van der Waals surface area contributed by atoms with Crippen LogP contribution < -0.4 is 0 Å². The van der Waals surface area contributed by atoms with Crippen molar-refractivity contribution in [2.75, 3.05) is 0 Å². The summed E-state index contributed by atoms with van der Waals surface area (Å²) in [5, 5.41) is 1.51. The minimum absolute atomic E-state index is 0.585. The molecule has 0 N–H and O–H groups in total. The molecule has 2 aromatic heterocycles. The van der Waals surface area contributed by atoms with Crippen molar-refractivity contribution in [1.29, 1.82) is 0 Å². The Morgan fingerprint density at radius 2 is 2.25 bits per heavy atom. The molecule has 4 heteroatoms. The van der Waals surface area contributed by atoms with E-state index in [9.17, 15) is 4.79 Å². The Hall–Kier alpha value is -1.74. The number of halogens is 1. The van der Waals surface area contributed by atoms with Gasteiger partial charge in [0.2, 0.25) is 0 Å². The van der Waals surface area contributed by atoms with E-state index in [1.807, 2.05) is 23.7 Å². The number of fused-ring (bicyclic) bond motifs is 3. The normalized spacial score (nSPS) is 11.4. The standard InChI is InChI=1S/C12H8ClNO2/c1-14-7(6-15)5-10-11(14)8-3-2-4-9(13)12(8)16-10/h2-6H,1H3. The number of hydrogen-bond acceptors (Lipinski definition) is 2. The van der Waals surface area contributed by atoms with Crippen molar-refractivity contribution in [2.45, 2.75) is 0 Å². The van der Waals surface area contributed by atoms with Gasteiger partial charge < -0.3 is 8.98 Å². The van der Waals surface area contributed by atoms with E-state index in [4.69, 9.17) is 16.0 Å². The van der Waals surface area contributed by atoms with Crippen LogP contribution >= 0.6 is 11.6 Å². The van der Waals surface area contributed by atoms with Crippen LogP contribution in [-0.4, -0.2) is 10.9 Å². The summed E-state index contributed by atoms with van der Waals surface area (Å²) in [6.45, 7) is 0. The minimum atomic E-state index is 0.585. The average Bonchev–Trinajstić information content (AvgIpc) is 2.77. The number of rotatable bonds is 1. The molecule has 0 aliphatic carbocycles. The lowest BCUT2D eigenvalue weighted by atomic mass is 10.2. The third kappa shape index (κ3) is 1.06. The van der Waals surface area contributed by atoms with Crippen LogP contribution in [0.15, 0.2) is 28.7 Å². The average molecular weight is 234 g/mol. The second-order valence-corrected chi connectivity index (χ2v) is 4.08. The second-order valence-electron chi connectivity index (χ2n) is 3.68. The molecule has 3 aromatic rings. The Bertz CT molecular complexity index is 709. The summed E-state index contributed by atoms with van der Waals surface area (Å²) in [5.41, 5.74) is 2.85. The molecule has 0 radical (unpaired) electrons. The van der Waals surface area contributed by atoms with Crippen molar-refractivity contribution in [3.05, 3.63) is 35.0 Å². The number of hydrogen-bond donors (Lipinski definition) is 0. The molecule has 0 atom stereocenters. The Morgan fingerprint density at radius 1 is 1.44 bits per heavy atom. The van der Waals surface area contributed by atoms with Crippen LogP contribution in [0.3, 0.4) is 0 Å². The monoisotopic (exact) mass is 233 g/mol. The highest BCUT2D eigenvalue weighted by molar-refractivity contribution is 6.35. The van der Waals surface area contributed by atoms with E-state index in [1.165, 1.54) is 0 Å². The summed E-state index contributed by atoms with van der Waals surface area (Å²) < 4.78 is 7.44. The first-order chi connectivity index (χ1) is 7.72. The Kier molecular flexibility index (Phi) is 1.85. The van der Waals surface area contributed by atoms with Crippen LogP contribution in [0.25, 0.3) is 22.1 Å². The number of carbonyl (C=O) groups is 1. The van der Waals surface area contributed by atoms with E-state index in [-0.39, 0.29) is 0 Å². The van der Waals surface area contributed by atoms with E-state index in [2.05, 4.69) is 0 Å². The van der Waals surface area contributed by atoms with Crippen LogP contribution in [0, 0.1) is 0 Å². The lowest BCUT2D eigenvalue weighted by Gasteiger charge is -1.96. The van der Waals surface area contributed by atoms with Gasteiger partial charge in [0.15, 0.2) is 17.5 Å². The molecule has 1 aromatic carbocycles. The van der Waals surface area contributed by atoms with Crippen LogP contribution in [0.5, 0.6) is 0 Å². The first kappa shape index (κ1) is 9.48. The summed E-state index contributed by atoms with van der Waals surface area (Å²) >= 11 is 6.04. The molecule has 0 spiro atoms. The third-order valence-electron chi connectivity index (χ3n) is 2.79. The summed E-state index contributed by atoms with van der Waals surface area (Å²) in [7, 11) is 1.84. The lowest BCUT2D eigenvalue weighted by molar-refractivity contribution is 0.111. The number of aldehydes is 1. The molecule has 80 valence electrons. The van der Waals surface area contributed by atoms with Gasteiger partial charge in [-0.15, -0.1) is 0 Å². The van der Waals surface area contributed by atoms with Crippen molar-refractivity contribution < 1.29 is 9.21 Å². The highest BCUT2D eigenvalue weighted by atomic mass is 35.5. The van der Waals surface area contributed by atoms with Crippen molar-refractivity contribution in [3.63, 3.8) is 0 Å². The molecule has 16 heavy (non-hydrogen) atoms. The summed E-state index contributed by atoms with van der Waals surface area (Å²) in [4.78, 5) is 10.8. The number of para-hydroxylation sites is 1. The second kappa shape index (κ2) is 3.12. The largest absolute Gasteiger partial charge is 0.453 e. The number of carbonyl (C=O) groups excluding carboxylic acids is 1. The quantitative estimate of drug-likeness (QED) is 0.604. The fourth-order valence-corrected chi connectivity index (χ4v) is 2.22. The van der Waals surface area contributed by atoms with Crippen LogP contribution in [-0.2, 0) is 7.05 Å². The van der Waals surface area contributed by atoms with Crippen molar-refractivity contribution in [1.82, 2.24) is 4.57 Å². The lowest BCUT2D eigenvalue weighted by Crippen LogP contribution is -1.93. The van der Waals surface area contributed by atoms with Gasteiger partial charge in [-0.2, -0.15) is 0 Å². The van der Waals surface area contributed by atoms with Gasteiger partial charge in [-0.05, 0) is 12.1 Å². The molecule has 0 amide bonds. The van der Waals surface area contributed by atoms with Crippen LogP contribution in [0.4, 0.5) is 0 Å². The maximum absolute atomic E-state index is 10.8. The van der Waals surface area contributed by atoms with Gasteiger partial charge in [0, 0.05) is 18.5 Å². The third-order valence-corrected chi connectivity index (χ3v) is 3.09. The predicted molar refractivity (Wildman–Crippen MR) is 63.1 cm³/mol. The maximum Gasteiger partial charge on any atom is 0.166 e. The summed E-state index contributed by atoms with van der Waals surface area (Å²) in [6.07, 6.45) is 0.811. The van der Waals surface area contributed by atoms with Gasteiger partial charge >= 0.3 is 0 Å². The number of furan rings is 1. The molecular formula is C12H8ClNO2. The Morgan fingerprint density at radius 3 is 3.00 bits per heavy atom. The zero-order valence-corrected chi connectivity index (χ0v) is 9.28. The topological polar surface area (TPSA) is 35.1 Å². The zero-order chi connectivity index (χ0) is 11.3. The molecule has 0 aliphatic rings. The fraction of sp³-hybridized carbons (Fsp3) is 0.0833. The fourth-order valence-electron chi connectivity index (χ4n) is 2.01. The van der Waals surface area contributed by atoms with Crippen LogP contribution in [0.2, 0.25) is 5.02 Å². The molecule has 2 heterocycles. The summed E-state index contributed by atoms with van der Waals surface area (Å²) in [6, 6.07) is 7.31. The van der Waals surface area contributed by atoms with Crippen molar-refractivity contribution >= 4 is 40.0 Å². The maximum atomic E-state index is 10.8. The summed E-state index contributed by atoms with van der Waals surface area (Å²) in [5.74, 6) is 0. The Labute approximate surface area is 96.2 Å². The van der Waals surface area contributed by atoms with E-state index >= 15 is 0 Å². The molecule has 0 aliphatic heterocycles. The first-order valence-corrected chi connectivity index (χ1v) is 5.22. The van der Waals surface area contributed by atoms with Crippen molar-refractivity contribution in [3.8, 4) is 0 Å². The Balaban J connectivity index is 2.56. The van der Waals surface area contributed by atoms with Crippen molar-refractivity contribution in [2.24, 2.45) is 7.05 Å². The highest BCUT2D eigenvalue weighted by Crippen LogP contribution is 2.34. The van der Waals surface area contributed by atoms with Gasteiger partial charge in [-0.25, -0.2) is 0 Å². The highest BCUT2D eigenvalue weighted by Gasteiger charge is 2.14. The molecule has 3 nitrogen and oxygen atoms in total. The number of aryl methyl sites for hydroxylation is 1. The van der Waals surface area contributed by atoms with E-state index in [0.717, 1.165) is 17.2 Å². The van der Waals surface area contributed by atoms with Gasteiger partial charge in [-0.1, -0.05) is 17.7 Å². The molecule has 3 rings (SSSR count). The SMILES string of the molecule is Cn1c(C=O)cc2oc3c(Cl)cccc3c21. The number of nitrogens with zero attached hydrogens (tertiary/aromatic N) is 1. The predicted octanol–water partition coefficient (Wildman–Crippen LogP) is 3.39. The smallest absolute Gasteiger partial charge is 0.166 e. The van der Waals surface area contributed by atoms with E-state index < -0.39 is 0 Å². The first-order valence-electron chi connectivity index (χ1n) is 4.84. The van der Waals surface area contributed by atoms with E-state index in [1.54, 1.807) is 12.1 Å². The van der Waals surface area contributed by atoms with E-state index in [0.29, 0.717) is 21.9 Å². The van der Waals surface area contributed by atoms with Gasteiger partial charge in [0.1, 0.15) is 0 Å². The molecule has 0 saturated carbocycles. The number of benzene rings is 1. The molecular weight excluding hydrogens is 226 g/mol. The van der Waals surface area contributed by atoms with Crippen LogP contribution in [0.1, 0.15) is 10.5 Å². The van der Waals surface area contributed by atoms with Gasteiger partial charge in [0.05, 0.1) is 16.2 Å². The number of aromatic nitrogens is 1. The van der Waals surface area contributed by atoms with Gasteiger partial charge in [0.25, 0.3) is 0 Å². The van der Waals surface area contributed by atoms with Gasteiger partial charge in [-0.3, -0.25) is 4.79 Å².